The summed E-state index contributed by atoms with van der Waals surface area (Å²) < 4.78 is 5.24. The maximum Gasteiger partial charge on any atom is 0.326 e. The van der Waals surface area contributed by atoms with Crippen molar-refractivity contribution in [2.75, 3.05) is 18.9 Å². The molecule has 0 unspecified atom stereocenters. The summed E-state index contributed by atoms with van der Waals surface area (Å²) in [5.74, 6) is -0.324. The topological polar surface area (TPSA) is 41.6 Å². The highest BCUT2D eigenvalue weighted by atomic mass is 35.5. The van der Waals surface area contributed by atoms with Gasteiger partial charge in [-0.2, -0.15) is 0 Å². The molecule has 0 amide bonds. The Labute approximate surface area is 130 Å². The van der Waals surface area contributed by atoms with Crippen molar-refractivity contribution < 1.29 is 9.53 Å². The number of rotatable bonds is 3. The number of carbonyl (C=O) groups excluding carboxylic acids is 1. The minimum absolute atomic E-state index is 0.0870. The molecule has 0 radical (unpaired) electrons. The lowest BCUT2D eigenvalue weighted by Crippen LogP contribution is -2.38. The lowest BCUT2D eigenvalue weighted by Gasteiger charge is -2.24. The second kappa shape index (κ2) is 6.90. The minimum atomic E-state index is -0.500. The summed E-state index contributed by atoms with van der Waals surface area (Å²) in [5, 5.41) is 4.06. The summed E-state index contributed by atoms with van der Waals surface area (Å²) in [6, 6.07) is 7.20. The lowest BCUT2D eigenvalue weighted by molar-refractivity contribution is -0.154. The Morgan fingerprint density at radius 3 is 2.65 bits per heavy atom. The molecule has 1 aromatic rings. The number of nitrogens with one attached hydrogen (secondary N) is 1. The SMILES string of the molecule is CN(CC(=O)OC(C)(C)C)C(=S)Nc1cccc(Cl)c1. The average molecular weight is 315 g/mol. The molecule has 6 heteroatoms. The molecule has 0 aromatic heterocycles. The zero-order valence-electron chi connectivity index (χ0n) is 12.1. The highest BCUT2D eigenvalue weighted by Crippen LogP contribution is 2.15. The van der Waals surface area contributed by atoms with Gasteiger partial charge in [-0.3, -0.25) is 4.79 Å². The first-order chi connectivity index (χ1) is 9.17. The Morgan fingerprint density at radius 2 is 2.10 bits per heavy atom. The Bertz CT molecular complexity index is 500. The van der Waals surface area contributed by atoms with Crippen molar-refractivity contribution in [2.24, 2.45) is 0 Å². The fourth-order valence-corrected chi connectivity index (χ4v) is 1.80. The quantitative estimate of drug-likeness (QED) is 0.685. The molecule has 0 heterocycles. The van der Waals surface area contributed by atoms with Crippen molar-refractivity contribution in [3.05, 3.63) is 29.3 Å². The van der Waals surface area contributed by atoms with Crippen molar-refractivity contribution >= 4 is 40.6 Å². The minimum Gasteiger partial charge on any atom is -0.459 e. The van der Waals surface area contributed by atoms with Gasteiger partial charge in [0.1, 0.15) is 12.1 Å². The van der Waals surface area contributed by atoms with E-state index in [0.717, 1.165) is 5.69 Å². The summed E-state index contributed by atoms with van der Waals surface area (Å²) in [4.78, 5) is 13.3. The standard InChI is InChI=1S/C14H19ClN2O2S/c1-14(2,3)19-12(18)9-17(4)13(20)16-11-7-5-6-10(15)8-11/h5-8H,9H2,1-4H3,(H,16,20). The van der Waals surface area contributed by atoms with E-state index >= 15 is 0 Å². The van der Waals surface area contributed by atoms with Crippen molar-refractivity contribution in [1.82, 2.24) is 4.90 Å². The van der Waals surface area contributed by atoms with Crippen molar-refractivity contribution in [3.63, 3.8) is 0 Å². The summed E-state index contributed by atoms with van der Waals surface area (Å²) in [6.07, 6.45) is 0. The van der Waals surface area contributed by atoms with Gasteiger partial charge < -0.3 is 15.0 Å². The molecule has 0 saturated heterocycles. The van der Waals surface area contributed by atoms with Crippen LogP contribution in [0.25, 0.3) is 0 Å². The van der Waals surface area contributed by atoms with Gasteiger partial charge >= 0.3 is 5.97 Å². The summed E-state index contributed by atoms with van der Waals surface area (Å²) in [6.45, 7) is 5.57. The van der Waals surface area contributed by atoms with Gasteiger partial charge in [0.05, 0.1) is 0 Å². The monoisotopic (exact) mass is 314 g/mol. The number of carbonyl (C=O) groups is 1. The number of likely N-dealkylation sites (N-methyl/N-ethyl adjacent to an activating group) is 1. The number of halogens is 1. The molecule has 110 valence electrons. The largest absolute Gasteiger partial charge is 0.459 e. The fraction of sp³-hybridized carbons (Fsp3) is 0.429. The van der Waals surface area contributed by atoms with Crippen LogP contribution >= 0.6 is 23.8 Å². The van der Waals surface area contributed by atoms with Crippen LogP contribution in [0.4, 0.5) is 5.69 Å². The highest BCUT2D eigenvalue weighted by molar-refractivity contribution is 7.80. The first-order valence-corrected chi connectivity index (χ1v) is 6.95. The number of thiocarbonyl (C=S) groups is 1. The number of benzene rings is 1. The van der Waals surface area contributed by atoms with Gasteiger partial charge in [-0.1, -0.05) is 17.7 Å². The molecule has 4 nitrogen and oxygen atoms in total. The predicted octanol–water partition coefficient (Wildman–Crippen LogP) is 3.31. The maximum absolute atomic E-state index is 11.7. The molecule has 1 rings (SSSR count). The van der Waals surface area contributed by atoms with Crippen LogP contribution in [0, 0.1) is 0 Å². The van der Waals surface area contributed by atoms with Crippen LogP contribution in [0.2, 0.25) is 5.02 Å². The van der Waals surface area contributed by atoms with Gasteiger partial charge in [0.25, 0.3) is 0 Å². The Balaban J connectivity index is 2.53. The van der Waals surface area contributed by atoms with Crippen molar-refractivity contribution in [1.29, 1.82) is 0 Å². The van der Waals surface area contributed by atoms with Crippen molar-refractivity contribution in [3.8, 4) is 0 Å². The van der Waals surface area contributed by atoms with Crippen LogP contribution in [0.1, 0.15) is 20.8 Å². The molecule has 0 fully saturated rings. The maximum atomic E-state index is 11.7. The van der Waals surface area contributed by atoms with E-state index in [4.69, 9.17) is 28.6 Å². The third-order valence-corrected chi connectivity index (χ3v) is 2.86. The van der Waals surface area contributed by atoms with E-state index in [0.29, 0.717) is 10.1 Å². The zero-order valence-corrected chi connectivity index (χ0v) is 13.6. The first kappa shape index (κ1) is 16.7. The Hall–Kier alpha value is -1.33. The fourth-order valence-electron chi connectivity index (χ4n) is 1.42. The molecule has 0 aliphatic heterocycles. The molecule has 0 atom stereocenters. The average Bonchev–Trinajstić information content (AvgIpc) is 2.25. The number of nitrogens with zero attached hydrogens (tertiary/aromatic N) is 1. The van der Waals surface area contributed by atoms with Gasteiger partial charge in [0, 0.05) is 17.8 Å². The van der Waals surface area contributed by atoms with Crippen LogP contribution < -0.4 is 5.32 Å². The third kappa shape index (κ3) is 6.21. The van der Waals surface area contributed by atoms with Gasteiger partial charge in [-0.05, 0) is 51.2 Å². The normalized spacial score (nSPS) is 10.8. The Morgan fingerprint density at radius 1 is 1.45 bits per heavy atom. The predicted molar refractivity (Wildman–Crippen MR) is 86.1 cm³/mol. The summed E-state index contributed by atoms with van der Waals surface area (Å²) in [7, 11) is 1.73. The molecule has 1 aromatic carbocycles. The van der Waals surface area contributed by atoms with E-state index in [1.54, 1.807) is 24.1 Å². The second-order valence-corrected chi connectivity index (χ2v) is 6.21. The third-order valence-electron chi connectivity index (χ3n) is 2.21. The van der Waals surface area contributed by atoms with E-state index in [1.807, 2.05) is 32.9 Å². The highest BCUT2D eigenvalue weighted by Gasteiger charge is 2.18. The molecule has 0 aliphatic carbocycles. The lowest BCUT2D eigenvalue weighted by atomic mass is 10.2. The van der Waals surface area contributed by atoms with Crippen LogP contribution in [0.3, 0.4) is 0 Å². The summed E-state index contributed by atoms with van der Waals surface area (Å²) >= 11 is 11.1. The molecule has 0 aliphatic rings. The van der Waals surface area contributed by atoms with Gasteiger partial charge in [0.15, 0.2) is 5.11 Å². The second-order valence-electron chi connectivity index (χ2n) is 5.38. The number of esters is 1. The van der Waals surface area contributed by atoms with Gasteiger partial charge in [0.2, 0.25) is 0 Å². The first-order valence-electron chi connectivity index (χ1n) is 6.17. The van der Waals surface area contributed by atoms with Crippen LogP contribution in [0.5, 0.6) is 0 Å². The molecule has 0 saturated carbocycles. The molecule has 0 spiro atoms. The van der Waals surface area contributed by atoms with E-state index < -0.39 is 5.60 Å². The smallest absolute Gasteiger partial charge is 0.326 e. The van der Waals surface area contributed by atoms with E-state index in [2.05, 4.69) is 5.32 Å². The zero-order chi connectivity index (χ0) is 15.3. The van der Waals surface area contributed by atoms with Crippen LogP contribution in [-0.2, 0) is 9.53 Å². The molecular formula is C14H19ClN2O2S. The van der Waals surface area contributed by atoms with Gasteiger partial charge in [-0.15, -0.1) is 0 Å². The number of anilines is 1. The van der Waals surface area contributed by atoms with E-state index in [9.17, 15) is 4.79 Å². The van der Waals surface area contributed by atoms with E-state index in [-0.39, 0.29) is 12.5 Å². The molecule has 0 bridgehead atoms. The van der Waals surface area contributed by atoms with Crippen LogP contribution in [0.15, 0.2) is 24.3 Å². The number of hydrogen-bond donors (Lipinski definition) is 1. The molecule has 1 N–H and O–H groups in total. The van der Waals surface area contributed by atoms with Gasteiger partial charge in [-0.25, -0.2) is 0 Å². The van der Waals surface area contributed by atoms with Crippen LogP contribution in [-0.4, -0.2) is 35.2 Å². The molecule has 20 heavy (non-hydrogen) atoms. The van der Waals surface area contributed by atoms with Crippen molar-refractivity contribution in [2.45, 2.75) is 26.4 Å². The number of ether oxygens (including phenoxy) is 1. The summed E-state index contributed by atoms with van der Waals surface area (Å²) in [5.41, 5.74) is 0.276. The Kier molecular flexibility index (Phi) is 5.77. The number of hydrogen-bond acceptors (Lipinski definition) is 3. The van der Waals surface area contributed by atoms with E-state index in [1.165, 1.54) is 0 Å². The molecular weight excluding hydrogens is 296 g/mol.